The van der Waals surface area contributed by atoms with Crippen LogP contribution in [0.15, 0.2) is 48.7 Å². The average Bonchev–Trinajstić information content (AvgIpc) is 3.02. The van der Waals surface area contributed by atoms with Crippen molar-refractivity contribution in [3.8, 4) is 6.07 Å². The van der Waals surface area contributed by atoms with E-state index in [9.17, 15) is 23.1 Å². The normalized spacial score (nSPS) is 13.7. The van der Waals surface area contributed by atoms with Crippen LogP contribution < -0.4 is 5.32 Å². The van der Waals surface area contributed by atoms with Crippen molar-refractivity contribution in [2.24, 2.45) is 0 Å². The first-order chi connectivity index (χ1) is 13.5. The maximum absolute atomic E-state index is 13.1. The van der Waals surface area contributed by atoms with Gasteiger partial charge in [0.15, 0.2) is 5.60 Å². The van der Waals surface area contributed by atoms with Gasteiger partial charge < -0.3 is 15.0 Å². The molecule has 0 aliphatic rings. The number of nitriles is 1. The smallest absolute Gasteiger partial charge is 0.378 e. The second-order valence-electron chi connectivity index (χ2n) is 6.74. The Morgan fingerprint density at radius 2 is 1.97 bits per heavy atom. The Morgan fingerprint density at radius 3 is 2.62 bits per heavy atom. The first kappa shape index (κ1) is 20.7. The van der Waals surface area contributed by atoms with Crippen molar-refractivity contribution in [1.82, 2.24) is 4.57 Å². The molecule has 0 saturated carbocycles. The van der Waals surface area contributed by atoms with Gasteiger partial charge in [-0.1, -0.05) is 11.6 Å². The lowest BCUT2D eigenvalue weighted by Gasteiger charge is -2.24. The number of fused-ring (bicyclic) bond motifs is 1. The molecule has 29 heavy (non-hydrogen) atoms. The third-order valence-corrected chi connectivity index (χ3v) is 4.64. The van der Waals surface area contributed by atoms with Crippen LogP contribution in [0.1, 0.15) is 18.1 Å². The van der Waals surface area contributed by atoms with E-state index in [-0.39, 0.29) is 12.2 Å². The number of halogens is 4. The fourth-order valence-corrected chi connectivity index (χ4v) is 3.11. The average molecular weight is 422 g/mol. The Labute approximate surface area is 168 Å². The molecule has 0 radical (unpaired) electrons. The van der Waals surface area contributed by atoms with E-state index in [4.69, 9.17) is 16.9 Å². The summed E-state index contributed by atoms with van der Waals surface area (Å²) in [5.41, 5.74) is -3.07. The highest BCUT2D eigenvalue weighted by Crippen LogP contribution is 2.33. The Balaban J connectivity index is 1.83. The molecule has 0 unspecified atom stereocenters. The van der Waals surface area contributed by atoms with Crippen LogP contribution in [0, 0.1) is 11.3 Å². The summed E-state index contributed by atoms with van der Waals surface area (Å²) in [6.45, 7) is 1.13. The zero-order valence-corrected chi connectivity index (χ0v) is 15.8. The van der Waals surface area contributed by atoms with E-state index < -0.39 is 28.8 Å². The van der Waals surface area contributed by atoms with Crippen molar-refractivity contribution < 1.29 is 23.1 Å². The molecule has 2 N–H and O–H groups in total. The van der Waals surface area contributed by atoms with E-state index in [1.165, 1.54) is 19.1 Å². The van der Waals surface area contributed by atoms with Crippen LogP contribution in [-0.2, 0) is 17.5 Å². The molecule has 1 amide bonds. The molecule has 3 aromatic rings. The number of alkyl halides is 3. The highest BCUT2D eigenvalue weighted by atomic mass is 35.5. The van der Waals surface area contributed by atoms with E-state index in [0.717, 1.165) is 17.0 Å². The van der Waals surface area contributed by atoms with Gasteiger partial charge in [-0.05, 0) is 49.4 Å². The van der Waals surface area contributed by atoms with Crippen LogP contribution in [0.3, 0.4) is 0 Å². The number of amides is 1. The molecule has 0 bridgehead atoms. The molecular weight excluding hydrogens is 407 g/mol. The lowest BCUT2D eigenvalue weighted by molar-refractivity contribution is -0.138. The van der Waals surface area contributed by atoms with Crippen molar-refractivity contribution >= 4 is 34.1 Å². The number of aromatic nitrogens is 1. The van der Waals surface area contributed by atoms with Crippen molar-refractivity contribution in [3.05, 3.63) is 64.8 Å². The molecule has 0 aliphatic carbocycles. The Hall–Kier alpha value is -3.02. The third-order valence-electron chi connectivity index (χ3n) is 4.40. The largest absolute Gasteiger partial charge is 0.417 e. The summed E-state index contributed by atoms with van der Waals surface area (Å²) in [6.07, 6.45) is -3.08. The van der Waals surface area contributed by atoms with Gasteiger partial charge in [0.25, 0.3) is 5.91 Å². The van der Waals surface area contributed by atoms with Gasteiger partial charge in [-0.3, -0.25) is 4.79 Å². The predicted octanol–water partition coefficient (Wildman–Crippen LogP) is 4.57. The molecule has 5 nitrogen and oxygen atoms in total. The quantitative estimate of drug-likeness (QED) is 0.647. The standard InChI is InChI=1S/C20H15ClF3N3O2/c1-19(29,11-27-7-6-12-8-14(21)3-5-17(12)27)18(28)26-15-4-2-13(10-25)16(9-15)20(22,23)24/h2-9,29H,11H2,1H3,(H,26,28)/t19-/m0/s1. The Bertz CT molecular complexity index is 1130. The van der Waals surface area contributed by atoms with Crippen LogP contribution in [0.5, 0.6) is 0 Å². The van der Waals surface area contributed by atoms with E-state index in [2.05, 4.69) is 5.32 Å². The summed E-state index contributed by atoms with van der Waals surface area (Å²) < 4.78 is 40.9. The second-order valence-corrected chi connectivity index (χ2v) is 7.18. The molecule has 0 fully saturated rings. The highest BCUT2D eigenvalue weighted by Gasteiger charge is 2.35. The number of hydrogen-bond acceptors (Lipinski definition) is 3. The number of carbonyl (C=O) groups is 1. The van der Waals surface area contributed by atoms with Crippen LogP contribution in [0.4, 0.5) is 18.9 Å². The monoisotopic (exact) mass is 421 g/mol. The summed E-state index contributed by atoms with van der Waals surface area (Å²) in [4.78, 5) is 12.5. The minimum atomic E-state index is -4.75. The molecule has 2 aromatic carbocycles. The van der Waals surface area contributed by atoms with Crippen molar-refractivity contribution in [3.63, 3.8) is 0 Å². The number of nitrogens with one attached hydrogen (secondary N) is 1. The fourth-order valence-electron chi connectivity index (χ4n) is 2.93. The van der Waals surface area contributed by atoms with Gasteiger partial charge in [0.2, 0.25) is 0 Å². The molecule has 0 saturated heterocycles. The molecule has 1 atom stereocenters. The zero-order valence-electron chi connectivity index (χ0n) is 15.1. The highest BCUT2D eigenvalue weighted by molar-refractivity contribution is 6.31. The number of nitrogens with zero attached hydrogens (tertiary/aromatic N) is 2. The number of hydrogen-bond donors (Lipinski definition) is 2. The Morgan fingerprint density at radius 1 is 1.24 bits per heavy atom. The summed E-state index contributed by atoms with van der Waals surface area (Å²) in [5.74, 6) is -0.883. The van der Waals surface area contributed by atoms with E-state index in [0.29, 0.717) is 11.1 Å². The van der Waals surface area contributed by atoms with Gasteiger partial charge in [-0.15, -0.1) is 0 Å². The van der Waals surface area contributed by atoms with Crippen molar-refractivity contribution in [2.45, 2.75) is 25.2 Å². The number of benzene rings is 2. The van der Waals surface area contributed by atoms with E-state index >= 15 is 0 Å². The third kappa shape index (κ3) is 4.36. The molecule has 3 rings (SSSR count). The number of anilines is 1. The molecule has 0 aliphatic heterocycles. The molecular formula is C20H15ClF3N3O2. The SMILES string of the molecule is C[C@](O)(Cn1ccc2cc(Cl)ccc21)C(=O)Nc1ccc(C#N)c(C(F)(F)F)c1. The summed E-state index contributed by atoms with van der Waals surface area (Å²) in [6, 6.07) is 11.2. The number of carbonyl (C=O) groups excluding carboxylic acids is 1. The molecule has 150 valence electrons. The van der Waals surface area contributed by atoms with Gasteiger partial charge in [0.05, 0.1) is 23.7 Å². The van der Waals surface area contributed by atoms with Gasteiger partial charge in [0, 0.05) is 27.8 Å². The van der Waals surface area contributed by atoms with Gasteiger partial charge in [-0.2, -0.15) is 18.4 Å². The van der Waals surface area contributed by atoms with Gasteiger partial charge in [0.1, 0.15) is 0 Å². The Kier molecular flexibility index (Phi) is 5.30. The van der Waals surface area contributed by atoms with Crippen LogP contribution in [0.25, 0.3) is 10.9 Å². The first-order valence-corrected chi connectivity index (χ1v) is 8.78. The lowest BCUT2D eigenvalue weighted by atomic mass is 10.0. The number of rotatable bonds is 4. The van der Waals surface area contributed by atoms with E-state index in [1.807, 2.05) is 0 Å². The maximum Gasteiger partial charge on any atom is 0.417 e. The van der Waals surface area contributed by atoms with E-state index in [1.54, 1.807) is 35.0 Å². The summed E-state index contributed by atoms with van der Waals surface area (Å²) in [5, 5.41) is 23.1. The zero-order chi connectivity index (χ0) is 21.4. The minimum Gasteiger partial charge on any atom is -0.378 e. The second kappa shape index (κ2) is 7.43. The van der Waals surface area contributed by atoms with Gasteiger partial charge in [-0.25, -0.2) is 0 Å². The molecule has 0 spiro atoms. The maximum atomic E-state index is 13.1. The molecule has 9 heteroatoms. The van der Waals surface area contributed by atoms with Crippen LogP contribution in [0.2, 0.25) is 5.02 Å². The van der Waals surface area contributed by atoms with Crippen molar-refractivity contribution in [1.29, 1.82) is 5.26 Å². The van der Waals surface area contributed by atoms with Gasteiger partial charge >= 0.3 is 6.18 Å². The fraction of sp³-hybridized carbons (Fsp3) is 0.200. The van der Waals surface area contributed by atoms with Crippen molar-refractivity contribution in [2.75, 3.05) is 5.32 Å². The minimum absolute atomic E-state index is 0.133. The molecule has 1 aromatic heterocycles. The lowest BCUT2D eigenvalue weighted by Crippen LogP contribution is -2.43. The topological polar surface area (TPSA) is 78.1 Å². The summed E-state index contributed by atoms with van der Waals surface area (Å²) in [7, 11) is 0. The number of aliphatic hydroxyl groups is 1. The first-order valence-electron chi connectivity index (χ1n) is 8.41. The molecule has 1 heterocycles. The summed E-state index contributed by atoms with van der Waals surface area (Å²) >= 11 is 5.95. The van der Waals surface area contributed by atoms with Crippen LogP contribution >= 0.6 is 11.6 Å². The predicted molar refractivity (Wildman–Crippen MR) is 102 cm³/mol. The van der Waals surface area contributed by atoms with Crippen LogP contribution in [-0.4, -0.2) is 21.2 Å².